The Hall–Kier alpha value is -1.42. The molecule has 1 fully saturated rings. The van der Waals surface area contributed by atoms with E-state index < -0.39 is 0 Å². The monoisotopic (exact) mass is 307 g/mol. The molecule has 1 amide bonds. The number of carbonyl (C=O) groups excluding carboxylic acids is 1. The number of aliphatic hydroxyl groups excluding tert-OH is 1. The van der Waals surface area contributed by atoms with Gasteiger partial charge in [-0.15, -0.1) is 0 Å². The molecule has 4 heteroatoms. The molecule has 1 aliphatic rings. The highest BCUT2D eigenvalue weighted by Crippen LogP contribution is 2.26. The molecule has 0 spiro atoms. The molecule has 1 atom stereocenters. The second-order valence-electron chi connectivity index (χ2n) is 6.39. The summed E-state index contributed by atoms with van der Waals surface area (Å²) in [5, 5.41) is 12.4. The van der Waals surface area contributed by atoms with Gasteiger partial charge in [0.05, 0.1) is 0 Å². The number of nitrogens with one attached hydrogen (secondary N) is 1. The lowest BCUT2D eigenvalue weighted by atomic mass is 9.87. The molecule has 1 unspecified atom stereocenters. The summed E-state index contributed by atoms with van der Waals surface area (Å²) in [4.78, 5) is 12.0. The average molecular weight is 307 g/mol. The molecule has 1 aromatic rings. The fraction of sp³-hybridized carbons (Fsp3) is 0.611. The number of aliphatic hydroxyl groups is 1. The van der Waals surface area contributed by atoms with Crippen LogP contribution in [0.3, 0.4) is 0 Å². The molecule has 0 aromatic heterocycles. The number of rotatable bonds is 7. The van der Waals surface area contributed by atoms with E-state index in [9.17, 15) is 14.3 Å². The minimum Gasteiger partial charge on any atom is -0.396 e. The zero-order valence-corrected chi connectivity index (χ0v) is 13.1. The van der Waals surface area contributed by atoms with E-state index in [0.717, 1.165) is 18.4 Å². The number of halogens is 1. The SMILES string of the molecule is O=C(CC1CCCCC1)NCC(CO)Cc1ccc(F)cc1. The van der Waals surface area contributed by atoms with Crippen molar-refractivity contribution in [3.8, 4) is 0 Å². The predicted octanol–water partition coefficient (Wildman–Crippen LogP) is 3.06. The molecule has 3 nitrogen and oxygen atoms in total. The lowest BCUT2D eigenvalue weighted by Gasteiger charge is -2.21. The van der Waals surface area contributed by atoms with Crippen molar-refractivity contribution in [2.75, 3.05) is 13.2 Å². The van der Waals surface area contributed by atoms with Crippen LogP contribution in [0, 0.1) is 17.7 Å². The first-order valence-electron chi connectivity index (χ1n) is 8.29. The van der Waals surface area contributed by atoms with Crippen LogP contribution in [0.4, 0.5) is 4.39 Å². The quantitative estimate of drug-likeness (QED) is 0.813. The first-order chi connectivity index (χ1) is 10.7. The predicted molar refractivity (Wildman–Crippen MR) is 84.9 cm³/mol. The Morgan fingerprint density at radius 2 is 1.91 bits per heavy atom. The van der Waals surface area contributed by atoms with Gasteiger partial charge in [-0.25, -0.2) is 4.39 Å². The Bertz CT molecular complexity index is 455. The summed E-state index contributed by atoms with van der Waals surface area (Å²) in [6.45, 7) is 0.487. The van der Waals surface area contributed by atoms with Crippen molar-refractivity contribution in [1.82, 2.24) is 5.32 Å². The third-order valence-corrected chi connectivity index (χ3v) is 4.48. The number of amides is 1. The molecule has 0 heterocycles. The van der Waals surface area contributed by atoms with E-state index in [2.05, 4.69) is 5.32 Å². The van der Waals surface area contributed by atoms with E-state index >= 15 is 0 Å². The van der Waals surface area contributed by atoms with Gasteiger partial charge in [0.2, 0.25) is 5.91 Å². The molecule has 0 saturated heterocycles. The largest absolute Gasteiger partial charge is 0.396 e. The molecule has 22 heavy (non-hydrogen) atoms. The number of carbonyl (C=O) groups is 1. The van der Waals surface area contributed by atoms with Crippen molar-refractivity contribution in [2.45, 2.75) is 44.9 Å². The number of benzene rings is 1. The van der Waals surface area contributed by atoms with Crippen molar-refractivity contribution < 1.29 is 14.3 Å². The Morgan fingerprint density at radius 1 is 1.23 bits per heavy atom. The third-order valence-electron chi connectivity index (χ3n) is 4.48. The molecule has 0 aliphatic heterocycles. The molecular formula is C18H26FNO2. The molecule has 0 radical (unpaired) electrons. The second kappa shape index (κ2) is 8.89. The molecule has 2 rings (SSSR count). The lowest BCUT2D eigenvalue weighted by molar-refractivity contribution is -0.122. The summed E-state index contributed by atoms with van der Waals surface area (Å²) in [7, 11) is 0. The standard InChI is InChI=1S/C18H26FNO2/c19-17-8-6-15(7-9-17)10-16(13-21)12-20-18(22)11-14-4-2-1-3-5-14/h6-9,14,16,21H,1-5,10-13H2,(H,20,22). The minimum absolute atomic E-state index is 0.0150. The van der Waals surface area contributed by atoms with Gasteiger partial charge in [-0.2, -0.15) is 0 Å². The highest BCUT2D eigenvalue weighted by atomic mass is 19.1. The van der Waals surface area contributed by atoms with Gasteiger partial charge in [0.25, 0.3) is 0 Å². The summed E-state index contributed by atoms with van der Waals surface area (Å²) in [5.74, 6) is 0.328. The molecule has 122 valence electrons. The van der Waals surface area contributed by atoms with Crippen LogP contribution in [0.15, 0.2) is 24.3 Å². The van der Waals surface area contributed by atoms with Crippen LogP contribution in [0.1, 0.15) is 44.1 Å². The Morgan fingerprint density at radius 3 is 2.55 bits per heavy atom. The second-order valence-corrected chi connectivity index (χ2v) is 6.39. The van der Waals surface area contributed by atoms with Gasteiger partial charge >= 0.3 is 0 Å². The molecule has 0 bridgehead atoms. The van der Waals surface area contributed by atoms with Crippen LogP contribution in [0.2, 0.25) is 0 Å². The summed E-state index contributed by atoms with van der Waals surface area (Å²) < 4.78 is 12.9. The van der Waals surface area contributed by atoms with Crippen molar-refractivity contribution in [1.29, 1.82) is 0 Å². The van der Waals surface area contributed by atoms with Gasteiger partial charge in [0, 0.05) is 25.5 Å². The van der Waals surface area contributed by atoms with Crippen LogP contribution < -0.4 is 5.32 Å². The topological polar surface area (TPSA) is 49.3 Å². The summed E-state index contributed by atoms with van der Waals surface area (Å²) >= 11 is 0. The van der Waals surface area contributed by atoms with Gasteiger partial charge in [0.15, 0.2) is 0 Å². The maximum Gasteiger partial charge on any atom is 0.220 e. The molecule has 1 aromatic carbocycles. The van der Waals surface area contributed by atoms with Crippen molar-refractivity contribution in [3.63, 3.8) is 0 Å². The van der Waals surface area contributed by atoms with E-state index in [1.54, 1.807) is 12.1 Å². The van der Waals surface area contributed by atoms with Crippen LogP contribution >= 0.6 is 0 Å². The van der Waals surface area contributed by atoms with Gasteiger partial charge in [-0.05, 0) is 42.9 Å². The van der Waals surface area contributed by atoms with Gasteiger partial charge in [0.1, 0.15) is 5.82 Å². The summed E-state index contributed by atoms with van der Waals surface area (Å²) in [6, 6.07) is 6.29. The van der Waals surface area contributed by atoms with E-state index in [1.165, 1.54) is 31.4 Å². The van der Waals surface area contributed by atoms with Gasteiger partial charge < -0.3 is 10.4 Å². The van der Waals surface area contributed by atoms with Crippen molar-refractivity contribution in [2.24, 2.45) is 11.8 Å². The zero-order valence-electron chi connectivity index (χ0n) is 13.1. The van der Waals surface area contributed by atoms with Crippen LogP contribution in [-0.2, 0) is 11.2 Å². The van der Waals surface area contributed by atoms with Crippen molar-refractivity contribution >= 4 is 5.91 Å². The molecule has 1 aliphatic carbocycles. The lowest BCUT2D eigenvalue weighted by Crippen LogP contribution is -2.33. The average Bonchev–Trinajstić information content (AvgIpc) is 2.54. The Labute approximate surface area is 131 Å². The third kappa shape index (κ3) is 5.76. The highest BCUT2D eigenvalue weighted by Gasteiger charge is 2.18. The van der Waals surface area contributed by atoms with Crippen LogP contribution in [0.25, 0.3) is 0 Å². The number of hydrogen-bond donors (Lipinski definition) is 2. The fourth-order valence-electron chi connectivity index (χ4n) is 3.14. The van der Waals surface area contributed by atoms with Crippen LogP contribution in [0.5, 0.6) is 0 Å². The Balaban J connectivity index is 1.72. The fourth-order valence-corrected chi connectivity index (χ4v) is 3.14. The Kier molecular flexibility index (Phi) is 6.84. The van der Waals surface area contributed by atoms with Gasteiger partial charge in [-0.1, -0.05) is 31.4 Å². The maximum absolute atomic E-state index is 12.9. The maximum atomic E-state index is 12.9. The molecule has 2 N–H and O–H groups in total. The first kappa shape index (κ1) is 16.9. The van der Waals surface area contributed by atoms with Crippen molar-refractivity contribution in [3.05, 3.63) is 35.6 Å². The van der Waals surface area contributed by atoms with E-state index in [1.807, 2.05) is 0 Å². The minimum atomic E-state index is -0.259. The van der Waals surface area contributed by atoms with E-state index in [4.69, 9.17) is 0 Å². The highest BCUT2D eigenvalue weighted by molar-refractivity contribution is 5.76. The molecule has 1 saturated carbocycles. The summed E-state index contributed by atoms with van der Waals surface area (Å²) in [6.07, 6.45) is 7.33. The smallest absolute Gasteiger partial charge is 0.220 e. The van der Waals surface area contributed by atoms with Crippen LogP contribution in [-0.4, -0.2) is 24.2 Å². The zero-order chi connectivity index (χ0) is 15.8. The molecular weight excluding hydrogens is 281 g/mol. The van der Waals surface area contributed by atoms with E-state index in [-0.39, 0.29) is 24.2 Å². The normalized spacial score (nSPS) is 17.2. The van der Waals surface area contributed by atoms with E-state index in [0.29, 0.717) is 25.3 Å². The number of hydrogen-bond acceptors (Lipinski definition) is 2. The first-order valence-corrected chi connectivity index (χ1v) is 8.29. The summed E-state index contributed by atoms with van der Waals surface area (Å²) in [5.41, 5.74) is 0.974. The van der Waals surface area contributed by atoms with Gasteiger partial charge in [-0.3, -0.25) is 4.79 Å².